The Morgan fingerprint density at radius 3 is 2.76 bits per heavy atom. The molecule has 2 aliphatic rings. The predicted octanol–water partition coefficient (Wildman–Crippen LogP) is 1.71. The molecule has 2 fully saturated rings. The molecule has 2 aliphatic heterocycles. The second-order valence-corrected chi connectivity index (χ2v) is 7.09. The smallest absolute Gasteiger partial charge is 0.239 e. The summed E-state index contributed by atoms with van der Waals surface area (Å²) in [5, 5.41) is 7.23. The van der Waals surface area contributed by atoms with Crippen LogP contribution >= 0.6 is 0 Å². The van der Waals surface area contributed by atoms with E-state index in [9.17, 15) is 9.59 Å². The van der Waals surface area contributed by atoms with Gasteiger partial charge in [0, 0.05) is 38.2 Å². The molecule has 0 aromatic carbocycles. The number of rotatable bonds is 6. The second kappa shape index (κ2) is 7.99. The normalized spacial score (nSPS) is 24.0. The second-order valence-electron chi connectivity index (χ2n) is 7.09. The summed E-state index contributed by atoms with van der Waals surface area (Å²) in [6.07, 6.45) is 6.96. The lowest BCUT2D eigenvalue weighted by atomic mass is 10.0. The van der Waals surface area contributed by atoms with Crippen LogP contribution in [0.3, 0.4) is 0 Å². The molecule has 3 heterocycles. The zero-order valence-corrected chi connectivity index (χ0v) is 15.3. The fourth-order valence-corrected chi connectivity index (χ4v) is 4.26. The third-order valence-electron chi connectivity index (χ3n) is 5.33. The van der Waals surface area contributed by atoms with Crippen LogP contribution in [0.4, 0.5) is 5.82 Å². The molecule has 1 N–H and O–H groups in total. The molecule has 2 amide bonds. The Balaban J connectivity index is 1.60. The van der Waals surface area contributed by atoms with E-state index in [4.69, 9.17) is 0 Å². The molecule has 2 saturated heterocycles. The Morgan fingerprint density at radius 1 is 1.24 bits per heavy atom. The molecular weight excluding hydrogens is 318 g/mol. The third kappa shape index (κ3) is 4.03. The zero-order chi connectivity index (χ0) is 17.8. The molecule has 3 rings (SSSR count). The molecule has 1 aromatic rings. The fourth-order valence-electron chi connectivity index (χ4n) is 4.26. The van der Waals surface area contributed by atoms with Crippen LogP contribution in [-0.2, 0) is 16.1 Å². The highest BCUT2D eigenvalue weighted by Crippen LogP contribution is 2.29. The van der Waals surface area contributed by atoms with E-state index in [0.29, 0.717) is 12.6 Å². The van der Waals surface area contributed by atoms with Crippen LogP contribution in [0, 0.1) is 0 Å². The van der Waals surface area contributed by atoms with Gasteiger partial charge in [-0.05, 0) is 38.6 Å². The van der Waals surface area contributed by atoms with Crippen LogP contribution in [0.2, 0.25) is 0 Å². The van der Waals surface area contributed by atoms with Gasteiger partial charge in [0.05, 0.1) is 12.7 Å². The Kier molecular flexibility index (Phi) is 5.73. The third-order valence-corrected chi connectivity index (χ3v) is 5.33. The fraction of sp³-hybridized carbons (Fsp3) is 0.722. The van der Waals surface area contributed by atoms with Crippen molar-refractivity contribution in [3.05, 3.63) is 12.3 Å². The van der Waals surface area contributed by atoms with Gasteiger partial charge in [0.25, 0.3) is 0 Å². The minimum Gasteiger partial charge on any atom is -0.338 e. The highest BCUT2D eigenvalue weighted by molar-refractivity contribution is 5.91. The summed E-state index contributed by atoms with van der Waals surface area (Å²) in [4.78, 5) is 28.6. The SMILES string of the molecule is CCCn1nccc1NC(=O)CN1CCCC1C1CCCN1C(C)=O. The van der Waals surface area contributed by atoms with Gasteiger partial charge in [-0.1, -0.05) is 6.92 Å². The number of nitrogens with zero attached hydrogens (tertiary/aromatic N) is 4. The molecule has 0 radical (unpaired) electrons. The van der Waals surface area contributed by atoms with Crippen molar-refractivity contribution in [2.75, 3.05) is 25.0 Å². The van der Waals surface area contributed by atoms with Crippen molar-refractivity contribution in [1.29, 1.82) is 0 Å². The van der Waals surface area contributed by atoms with E-state index < -0.39 is 0 Å². The number of amides is 2. The number of hydrogen-bond acceptors (Lipinski definition) is 4. The lowest BCUT2D eigenvalue weighted by Crippen LogP contribution is -2.49. The zero-order valence-electron chi connectivity index (χ0n) is 15.3. The Hall–Kier alpha value is -1.89. The molecule has 0 aliphatic carbocycles. The van der Waals surface area contributed by atoms with Crippen molar-refractivity contribution in [1.82, 2.24) is 19.6 Å². The van der Waals surface area contributed by atoms with E-state index in [1.54, 1.807) is 13.1 Å². The number of nitrogens with one attached hydrogen (secondary N) is 1. The number of aromatic nitrogens is 2. The van der Waals surface area contributed by atoms with Crippen molar-refractivity contribution < 1.29 is 9.59 Å². The number of likely N-dealkylation sites (tertiary alicyclic amines) is 2. The summed E-state index contributed by atoms with van der Waals surface area (Å²) in [6, 6.07) is 2.40. The van der Waals surface area contributed by atoms with Crippen LogP contribution in [0.25, 0.3) is 0 Å². The minimum atomic E-state index is -0.00266. The summed E-state index contributed by atoms with van der Waals surface area (Å²) in [6.45, 7) is 6.69. The summed E-state index contributed by atoms with van der Waals surface area (Å²) >= 11 is 0. The standard InChI is InChI=1S/C18H29N5O2/c1-3-10-23-17(8-9-19-23)20-18(25)13-21-11-4-6-15(21)16-7-5-12-22(16)14(2)24/h8-9,15-16H,3-7,10-13H2,1-2H3,(H,20,25). The molecule has 0 spiro atoms. The first-order valence-corrected chi connectivity index (χ1v) is 9.43. The summed E-state index contributed by atoms with van der Waals surface area (Å²) in [5.74, 6) is 0.910. The quantitative estimate of drug-likeness (QED) is 0.850. The maximum Gasteiger partial charge on any atom is 0.239 e. The van der Waals surface area contributed by atoms with Crippen LogP contribution in [0.15, 0.2) is 12.3 Å². The Morgan fingerprint density at radius 2 is 2.00 bits per heavy atom. The van der Waals surface area contributed by atoms with Gasteiger partial charge in [-0.15, -0.1) is 0 Å². The highest BCUT2D eigenvalue weighted by atomic mass is 16.2. The van der Waals surface area contributed by atoms with Gasteiger partial charge in [0.1, 0.15) is 5.82 Å². The van der Waals surface area contributed by atoms with Gasteiger partial charge in [0.15, 0.2) is 0 Å². The lowest BCUT2D eigenvalue weighted by molar-refractivity contribution is -0.130. The van der Waals surface area contributed by atoms with Gasteiger partial charge >= 0.3 is 0 Å². The van der Waals surface area contributed by atoms with Gasteiger partial charge in [-0.25, -0.2) is 4.68 Å². The Bertz CT molecular complexity index is 614. The average molecular weight is 347 g/mol. The number of carbonyl (C=O) groups is 2. The summed E-state index contributed by atoms with van der Waals surface area (Å²) in [7, 11) is 0. The molecule has 138 valence electrons. The topological polar surface area (TPSA) is 70.5 Å². The van der Waals surface area contributed by atoms with E-state index in [1.807, 2.05) is 15.6 Å². The highest BCUT2D eigenvalue weighted by Gasteiger charge is 2.39. The van der Waals surface area contributed by atoms with E-state index in [2.05, 4.69) is 22.2 Å². The molecule has 7 nitrogen and oxygen atoms in total. The molecular formula is C18H29N5O2. The molecule has 0 saturated carbocycles. The van der Waals surface area contributed by atoms with Gasteiger partial charge < -0.3 is 10.2 Å². The average Bonchev–Trinajstić information content (AvgIpc) is 3.28. The summed E-state index contributed by atoms with van der Waals surface area (Å²) < 4.78 is 1.83. The first-order chi connectivity index (χ1) is 12.1. The monoisotopic (exact) mass is 347 g/mol. The largest absolute Gasteiger partial charge is 0.338 e. The van der Waals surface area contributed by atoms with Gasteiger partial charge in [0.2, 0.25) is 11.8 Å². The minimum absolute atomic E-state index is 0.00266. The number of anilines is 1. The molecule has 25 heavy (non-hydrogen) atoms. The van der Waals surface area contributed by atoms with Crippen LogP contribution in [-0.4, -0.2) is 63.1 Å². The van der Waals surface area contributed by atoms with Crippen molar-refractivity contribution >= 4 is 17.6 Å². The molecule has 7 heteroatoms. The molecule has 0 bridgehead atoms. The molecule has 2 atom stereocenters. The number of aryl methyl sites for hydroxylation is 1. The van der Waals surface area contributed by atoms with Gasteiger partial charge in [-0.2, -0.15) is 5.10 Å². The number of carbonyl (C=O) groups excluding carboxylic acids is 2. The van der Waals surface area contributed by atoms with E-state index >= 15 is 0 Å². The van der Waals surface area contributed by atoms with Crippen molar-refractivity contribution in [2.45, 2.75) is 64.6 Å². The van der Waals surface area contributed by atoms with Crippen LogP contribution in [0.1, 0.15) is 46.0 Å². The van der Waals surface area contributed by atoms with E-state index in [0.717, 1.165) is 57.6 Å². The maximum atomic E-state index is 12.5. The first kappa shape index (κ1) is 17.9. The van der Waals surface area contributed by atoms with Crippen LogP contribution in [0.5, 0.6) is 0 Å². The molecule has 2 unspecified atom stereocenters. The molecule has 1 aromatic heterocycles. The van der Waals surface area contributed by atoms with Crippen molar-refractivity contribution in [2.24, 2.45) is 0 Å². The van der Waals surface area contributed by atoms with E-state index in [1.165, 1.54) is 0 Å². The van der Waals surface area contributed by atoms with Crippen molar-refractivity contribution in [3.8, 4) is 0 Å². The van der Waals surface area contributed by atoms with Crippen molar-refractivity contribution in [3.63, 3.8) is 0 Å². The first-order valence-electron chi connectivity index (χ1n) is 9.43. The predicted molar refractivity (Wildman–Crippen MR) is 96.2 cm³/mol. The van der Waals surface area contributed by atoms with Crippen LogP contribution < -0.4 is 5.32 Å². The van der Waals surface area contributed by atoms with Gasteiger partial charge in [-0.3, -0.25) is 14.5 Å². The number of hydrogen-bond donors (Lipinski definition) is 1. The Labute approximate surface area is 149 Å². The lowest BCUT2D eigenvalue weighted by Gasteiger charge is -2.34. The maximum absolute atomic E-state index is 12.5. The van der Waals surface area contributed by atoms with E-state index in [-0.39, 0.29) is 17.9 Å². The summed E-state index contributed by atoms with van der Waals surface area (Å²) in [5.41, 5.74) is 0.